The summed E-state index contributed by atoms with van der Waals surface area (Å²) in [5.74, 6) is 1.33. The molecule has 2 N–H and O–H groups in total. The number of carbonyl (C=O) groups is 1. The highest BCUT2D eigenvalue weighted by atomic mass is 32.1. The van der Waals surface area contributed by atoms with Crippen molar-refractivity contribution in [2.45, 2.75) is 32.2 Å². The minimum Gasteiger partial charge on any atom is -0.440 e. The minimum absolute atomic E-state index is 0.0119. The smallest absolute Gasteiger partial charge is 0.236 e. The fraction of sp³-hybridized carbons (Fsp3) is 0.467. The number of aromatic nitrogens is 1. The number of hydrogen-bond donors (Lipinski definition) is 2. The molecule has 0 aromatic carbocycles. The number of nitrogens with zero attached hydrogens (tertiary/aromatic N) is 1. The third-order valence-corrected chi connectivity index (χ3v) is 4.47. The molecule has 0 bridgehead atoms. The van der Waals surface area contributed by atoms with Gasteiger partial charge in [0.15, 0.2) is 0 Å². The Balaban J connectivity index is 1.63. The van der Waals surface area contributed by atoms with Crippen LogP contribution in [0.3, 0.4) is 0 Å². The molecule has 3 rings (SSSR count). The van der Waals surface area contributed by atoms with Crippen LogP contribution in [0.15, 0.2) is 21.9 Å². The summed E-state index contributed by atoms with van der Waals surface area (Å²) in [4.78, 5) is 17.6. The van der Waals surface area contributed by atoms with Crippen LogP contribution in [0.2, 0.25) is 0 Å². The van der Waals surface area contributed by atoms with Crippen molar-refractivity contribution in [3.05, 3.63) is 29.0 Å². The van der Waals surface area contributed by atoms with Gasteiger partial charge >= 0.3 is 0 Å². The van der Waals surface area contributed by atoms with Gasteiger partial charge in [-0.05, 0) is 37.8 Å². The maximum Gasteiger partial charge on any atom is 0.236 e. The second-order valence-corrected chi connectivity index (χ2v) is 6.23. The highest BCUT2D eigenvalue weighted by molar-refractivity contribution is 7.13. The SMILES string of the molecule is Cc1oc(-c2cccs2)nc1CC(=O)NC1CCCNC1. The normalized spacial score (nSPS) is 18.6. The van der Waals surface area contributed by atoms with E-state index in [2.05, 4.69) is 15.6 Å². The predicted octanol–water partition coefficient (Wildman–Crippen LogP) is 2.12. The second kappa shape index (κ2) is 6.41. The molecule has 0 radical (unpaired) electrons. The molecule has 0 saturated carbocycles. The van der Waals surface area contributed by atoms with E-state index in [0.29, 0.717) is 5.89 Å². The quantitative estimate of drug-likeness (QED) is 0.908. The summed E-state index contributed by atoms with van der Waals surface area (Å²) in [7, 11) is 0. The van der Waals surface area contributed by atoms with Gasteiger partial charge in [0.25, 0.3) is 0 Å². The molecular weight excluding hydrogens is 286 g/mol. The number of carbonyl (C=O) groups excluding carboxylic acids is 1. The molecule has 1 unspecified atom stereocenters. The average molecular weight is 305 g/mol. The molecule has 1 atom stereocenters. The largest absolute Gasteiger partial charge is 0.440 e. The lowest BCUT2D eigenvalue weighted by Crippen LogP contribution is -2.46. The number of amides is 1. The van der Waals surface area contributed by atoms with Crippen molar-refractivity contribution in [1.82, 2.24) is 15.6 Å². The first-order valence-electron chi connectivity index (χ1n) is 7.22. The molecule has 0 spiro atoms. The number of thiophene rings is 1. The van der Waals surface area contributed by atoms with Gasteiger partial charge in [0.05, 0.1) is 17.0 Å². The van der Waals surface area contributed by atoms with Crippen LogP contribution in [0.4, 0.5) is 0 Å². The van der Waals surface area contributed by atoms with E-state index in [1.807, 2.05) is 24.4 Å². The Bertz CT molecular complexity index is 600. The summed E-state index contributed by atoms with van der Waals surface area (Å²) in [6, 6.07) is 4.16. The first kappa shape index (κ1) is 14.3. The minimum atomic E-state index is 0.0119. The Morgan fingerprint density at radius 2 is 2.52 bits per heavy atom. The highest BCUT2D eigenvalue weighted by Gasteiger charge is 2.18. The van der Waals surface area contributed by atoms with Crippen LogP contribution in [0.1, 0.15) is 24.3 Å². The van der Waals surface area contributed by atoms with Crippen LogP contribution in [0.5, 0.6) is 0 Å². The van der Waals surface area contributed by atoms with E-state index in [0.717, 1.165) is 42.3 Å². The molecule has 6 heteroatoms. The second-order valence-electron chi connectivity index (χ2n) is 5.29. The zero-order chi connectivity index (χ0) is 14.7. The Morgan fingerprint density at radius 1 is 1.62 bits per heavy atom. The van der Waals surface area contributed by atoms with Crippen LogP contribution in [0.25, 0.3) is 10.8 Å². The molecule has 0 aliphatic carbocycles. The third-order valence-electron chi connectivity index (χ3n) is 3.61. The summed E-state index contributed by atoms with van der Waals surface area (Å²) in [5, 5.41) is 8.33. The first-order valence-corrected chi connectivity index (χ1v) is 8.10. The highest BCUT2D eigenvalue weighted by Crippen LogP contribution is 2.26. The fourth-order valence-corrected chi connectivity index (χ4v) is 3.15. The van der Waals surface area contributed by atoms with Gasteiger partial charge in [0.2, 0.25) is 11.8 Å². The molecular formula is C15H19N3O2S. The van der Waals surface area contributed by atoms with Crippen molar-refractivity contribution in [2.24, 2.45) is 0 Å². The lowest BCUT2D eigenvalue weighted by molar-refractivity contribution is -0.121. The summed E-state index contributed by atoms with van der Waals surface area (Å²) >= 11 is 1.58. The van der Waals surface area contributed by atoms with Gasteiger partial charge in [0.1, 0.15) is 5.76 Å². The van der Waals surface area contributed by atoms with Crippen LogP contribution >= 0.6 is 11.3 Å². The van der Waals surface area contributed by atoms with Crippen molar-refractivity contribution < 1.29 is 9.21 Å². The standard InChI is InChI=1S/C15H19N3O2S/c1-10-12(18-15(20-10)13-5-3-7-21-13)8-14(19)17-11-4-2-6-16-9-11/h3,5,7,11,16H,2,4,6,8-9H2,1H3,(H,17,19). The summed E-state index contributed by atoms with van der Waals surface area (Å²) in [6.45, 7) is 3.75. The maximum atomic E-state index is 12.1. The van der Waals surface area contributed by atoms with E-state index in [4.69, 9.17) is 4.42 Å². The van der Waals surface area contributed by atoms with Gasteiger partial charge < -0.3 is 15.1 Å². The number of hydrogen-bond acceptors (Lipinski definition) is 5. The molecule has 1 aliphatic rings. The average Bonchev–Trinajstić information content (AvgIpc) is 3.10. The third kappa shape index (κ3) is 3.51. The molecule has 21 heavy (non-hydrogen) atoms. The van der Waals surface area contributed by atoms with Crippen LogP contribution in [-0.2, 0) is 11.2 Å². The van der Waals surface area contributed by atoms with Crippen LogP contribution in [-0.4, -0.2) is 30.0 Å². The molecule has 1 aliphatic heterocycles. The molecule has 3 heterocycles. The van der Waals surface area contributed by atoms with Crippen LogP contribution < -0.4 is 10.6 Å². The Morgan fingerprint density at radius 3 is 3.24 bits per heavy atom. The summed E-state index contributed by atoms with van der Waals surface area (Å²) in [6.07, 6.45) is 2.42. The molecule has 1 saturated heterocycles. The van der Waals surface area contributed by atoms with Crippen molar-refractivity contribution in [2.75, 3.05) is 13.1 Å². The lowest BCUT2D eigenvalue weighted by Gasteiger charge is -2.23. The number of oxazole rings is 1. The van der Waals surface area contributed by atoms with Crippen molar-refractivity contribution in [3.8, 4) is 10.8 Å². The molecule has 1 fully saturated rings. The van der Waals surface area contributed by atoms with E-state index in [-0.39, 0.29) is 18.4 Å². The molecule has 112 valence electrons. The van der Waals surface area contributed by atoms with Crippen LogP contribution in [0, 0.1) is 6.92 Å². The van der Waals surface area contributed by atoms with E-state index < -0.39 is 0 Å². The topological polar surface area (TPSA) is 67.2 Å². The van der Waals surface area contributed by atoms with Gasteiger partial charge in [-0.3, -0.25) is 4.79 Å². The van der Waals surface area contributed by atoms with Gasteiger partial charge in [-0.15, -0.1) is 11.3 Å². The zero-order valence-electron chi connectivity index (χ0n) is 12.0. The monoisotopic (exact) mass is 305 g/mol. The number of nitrogens with one attached hydrogen (secondary N) is 2. The lowest BCUT2D eigenvalue weighted by atomic mass is 10.1. The number of aryl methyl sites for hydroxylation is 1. The zero-order valence-corrected chi connectivity index (χ0v) is 12.8. The molecule has 2 aromatic heterocycles. The van der Waals surface area contributed by atoms with E-state index in [1.165, 1.54) is 0 Å². The molecule has 5 nitrogen and oxygen atoms in total. The number of rotatable bonds is 4. The number of piperidine rings is 1. The van der Waals surface area contributed by atoms with Gasteiger partial charge in [-0.25, -0.2) is 4.98 Å². The van der Waals surface area contributed by atoms with Gasteiger partial charge in [0, 0.05) is 12.6 Å². The van der Waals surface area contributed by atoms with E-state index in [9.17, 15) is 4.79 Å². The predicted molar refractivity (Wildman–Crippen MR) is 82.3 cm³/mol. The summed E-state index contributed by atoms with van der Waals surface area (Å²) < 4.78 is 5.66. The van der Waals surface area contributed by atoms with Crippen molar-refractivity contribution >= 4 is 17.2 Å². The molecule has 2 aromatic rings. The van der Waals surface area contributed by atoms with Crippen molar-refractivity contribution in [1.29, 1.82) is 0 Å². The maximum absolute atomic E-state index is 12.1. The summed E-state index contributed by atoms with van der Waals surface area (Å²) in [5.41, 5.74) is 0.722. The van der Waals surface area contributed by atoms with Gasteiger partial charge in [-0.1, -0.05) is 6.07 Å². The van der Waals surface area contributed by atoms with Crippen molar-refractivity contribution in [3.63, 3.8) is 0 Å². The molecule has 1 amide bonds. The Labute approximate surface area is 127 Å². The first-order chi connectivity index (χ1) is 10.2. The fourth-order valence-electron chi connectivity index (χ4n) is 2.50. The Hall–Kier alpha value is -1.66. The van der Waals surface area contributed by atoms with E-state index >= 15 is 0 Å². The van der Waals surface area contributed by atoms with E-state index in [1.54, 1.807) is 11.3 Å². The van der Waals surface area contributed by atoms with Gasteiger partial charge in [-0.2, -0.15) is 0 Å². The Kier molecular flexibility index (Phi) is 4.36.